The molecular weight excluding hydrogens is 1100 g/mol. The minimum Gasteiger partial charge on any atom is -0.465 e. The highest BCUT2D eigenvalue weighted by Gasteiger charge is 2.42. The summed E-state index contributed by atoms with van der Waals surface area (Å²) in [6.45, 7) is 6.20. The molecular formula is C46H62Br2O24. The molecule has 0 amide bonds. The van der Waals surface area contributed by atoms with Gasteiger partial charge in [0.25, 0.3) is 0 Å². The van der Waals surface area contributed by atoms with Crippen LogP contribution in [0.5, 0.6) is 0 Å². The van der Waals surface area contributed by atoms with Crippen LogP contribution in [0.25, 0.3) is 0 Å². The number of halogens is 2. The Hall–Kier alpha value is -6.05. The van der Waals surface area contributed by atoms with Gasteiger partial charge in [-0.2, -0.15) is 0 Å². The lowest BCUT2D eigenvalue weighted by atomic mass is 9.93. The van der Waals surface area contributed by atoms with Gasteiger partial charge in [-0.25, -0.2) is 28.8 Å². The molecule has 6 unspecified atom stereocenters. The van der Waals surface area contributed by atoms with Crippen LogP contribution in [0.2, 0.25) is 0 Å². The number of carbonyl (C=O) groups is 11. The first kappa shape index (κ1) is 64.0. The normalized spacial score (nSPS) is 14.9. The van der Waals surface area contributed by atoms with E-state index in [9.17, 15) is 52.7 Å². The Bertz CT molecular complexity index is 1900. The van der Waals surface area contributed by atoms with Crippen molar-refractivity contribution in [2.24, 2.45) is 16.2 Å². The Morgan fingerprint density at radius 2 is 0.750 bits per heavy atom. The summed E-state index contributed by atoms with van der Waals surface area (Å²) in [7, 11) is 0. The van der Waals surface area contributed by atoms with E-state index in [1.165, 1.54) is 20.8 Å². The van der Waals surface area contributed by atoms with Crippen molar-refractivity contribution < 1.29 is 114 Å². The van der Waals surface area contributed by atoms with Crippen molar-refractivity contribution >= 4 is 97.9 Å². The molecule has 72 heavy (non-hydrogen) atoms. The summed E-state index contributed by atoms with van der Waals surface area (Å²) in [6, 6.07) is 8.42. The predicted octanol–water partition coefficient (Wildman–Crippen LogP) is 4.56. The Labute approximate surface area is 432 Å². The zero-order valence-electron chi connectivity index (χ0n) is 41.4. The second kappa shape index (κ2) is 32.1. The van der Waals surface area contributed by atoms with Crippen molar-refractivity contribution in [2.45, 2.75) is 106 Å². The number of carbonyl (C=O) groups excluding carboxylic acids is 11. The topological polar surface area (TPSA) is 308 Å². The number of hydrogen-bond donors (Lipinski definition) is 0. The van der Waals surface area contributed by atoms with Crippen LogP contribution in [0.3, 0.4) is 0 Å². The Kier molecular flexibility index (Phi) is 28.5. The minimum atomic E-state index is -1.94. The van der Waals surface area contributed by atoms with Gasteiger partial charge < -0.3 is 61.6 Å². The number of alkyl halides is 2. The Morgan fingerprint density at radius 3 is 1.10 bits per heavy atom. The van der Waals surface area contributed by atoms with Crippen LogP contribution in [0, 0.1) is 16.2 Å². The molecule has 0 fully saturated rings. The summed E-state index contributed by atoms with van der Waals surface area (Å²) in [5.74, 6) is -9.04. The van der Waals surface area contributed by atoms with Gasteiger partial charge in [-0.1, -0.05) is 62.2 Å². The highest BCUT2D eigenvalue weighted by atomic mass is 79.9. The first-order chi connectivity index (χ1) is 33.7. The smallest absolute Gasteiger partial charge is 0.465 e. The number of hydrogen-bond acceptors (Lipinski definition) is 24. The van der Waals surface area contributed by atoms with Crippen LogP contribution in [-0.2, 0) is 111 Å². The lowest BCUT2D eigenvalue weighted by Gasteiger charge is -2.28. The van der Waals surface area contributed by atoms with Crippen LogP contribution >= 0.6 is 31.9 Å². The molecule has 0 N–H and O–H groups in total. The molecule has 0 aliphatic rings. The number of benzene rings is 1. The van der Waals surface area contributed by atoms with Gasteiger partial charge in [0.05, 0.1) is 13.2 Å². The largest absolute Gasteiger partial charge is 0.509 e. The van der Waals surface area contributed by atoms with Crippen LogP contribution < -0.4 is 0 Å². The maximum absolute atomic E-state index is 13.5. The van der Waals surface area contributed by atoms with Gasteiger partial charge in [0.15, 0.2) is 24.4 Å². The standard InChI is InChI=1S/C46H62Br2O24/c1-28(69-37(53)30(3)71-42(58)67-26-44(7,22-63-32(5)49)39(55)60-19-13-17-47)35(51)65-24-46(9,41(57)62-21-34-15-11-10-12-16-34)25-66-36(52)29(2)70-38(54)31(4)72-43(59)68-27-45(8,23-64-33(6)50)40(56)61-20-14-18-48/h10-12,15-16,28-31H,13-14,17-27H2,1-9H3. The molecule has 1 aromatic rings. The first-order valence-corrected chi connectivity index (χ1v) is 24.3. The van der Waals surface area contributed by atoms with E-state index in [-0.39, 0.29) is 19.8 Å². The van der Waals surface area contributed by atoms with E-state index in [4.69, 9.17) is 61.6 Å². The van der Waals surface area contributed by atoms with E-state index in [2.05, 4.69) is 31.9 Å². The quantitative estimate of drug-likeness (QED) is 0.0425. The Balaban J connectivity index is 2.95. The molecule has 1 rings (SSSR count). The molecule has 0 radical (unpaired) electrons. The van der Waals surface area contributed by atoms with Gasteiger partial charge in [-0.05, 0) is 66.9 Å². The maximum Gasteiger partial charge on any atom is 0.509 e. The van der Waals surface area contributed by atoms with Gasteiger partial charge in [0.2, 0.25) is 0 Å². The van der Waals surface area contributed by atoms with Crippen LogP contribution in [-0.4, -0.2) is 154 Å². The summed E-state index contributed by atoms with van der Waals surface area (Å²) in [6.07, 6.45) is -8.63. The molecule has 26 heteroatoms. The van der Waals surface area contributed by atoms with E-state index in [1.807, 2.05) is 0 Å². The lowest BCUT2D eigenvalue weighted by molar-refractivity contribution is -0.183. The van der Waals surface area contributed by atoms with Gasteiger partial charge >= 0.3 is 66.0 Å². The number of ether oxygens (including phenoxy) is 13. The predicted molar refractivity (Wildman–Crippen MR) is 249 cm³/mol. The number of esters is 9. The average molecular weight is 1160 g/mol. The zero-order valence-corrected chi connectivity index (χ0v) is 44.6. The molecule has 24 nitrogen and oxygen atoms in total. The molecule has 0 aromatic heterocycles. The Morgan fingerprint density at radius 1 is 0.431 bits per heavy atom. The summed E-state index contributed by atoms with van der Waals surface area (Å²) < 4.78 is 66.3. The molecule has 404 valence electrons. The van der Waals surface area contributed by atoms with Crippen LogP contribution in [0.1, 0.15) is 80.7 Å². The van der Waals surface area contributed by atoms with E-state index < -0.39 is 146 Å². The summed E-state index contributed by atoms with van der Waals surface area (Å²) in [5, 5.41) is 1.07. The average Bonchev–Trinajstić information content (AvgIpc) is 3.33. The zero-order chi connectivity index (χ0) is 54.7. The molecule has 0 aliphatic heterocycles. The third kappa shape index (κ3) is 23.9. The molecule has 0 saturated carbocycles. The van der Waals surface area contributed by atoms with Gasteiger partial charge in [0.1, 0.15) is 62.5 Å². The summed E-state index contributed by atoms with van der Waals surface area (Å²) in [4.78, 5) is 139. The second-order valence-electron chi connectivity index (χ2n) is 16.6. The SMILES string of the molecule is CC(=O)OCC(C)(COC(=O)OC(C)C(=O)OC(C)C(=O)OCC(C)(COC(=O)C(C)OC(=O)C(C)OC(=O)OCC(C)(COC(C)=O)C(=O)OCCCBr)C(=O)OCc1ccccc1)C(=O)OCCCBr. The van der Waals surface area contributed by atoms with E-state index in [1.54, 1.807) is 30.3 Å². The molecule has 0 heterocycles. The van der Waals surface area contributed by atoms with E-state index in [0.717, 1.165) is 41.5 Å². The van der Waals surface area contributed by atoms with E-state index in [0.29, 0.717) is 29.1 Å². The van der Waals surface area contributed by atoms with Crippen molar-refractivity contribution in [3.05, 3.63) is 35.9 Å². The molecule has 6 atom stereocenters. The maximum atomic E-state index is 13.5. The fourth-order valence-electron chi connectivity index (χ4n) is 4.91. The van der Waals surface area contributed by atoms with Gasteiger partial charge in [-0.15, -0.1) is 0 Å². The molecule has 0 spiro atoms. The van der Waals surface area contributed by atoms with Crippen LogP contribution in [0.15, 0.2) is 30.3 Å². The van der Waals surface area contributed by atoms with Crippen molar-refractivity contribution in [1.82, 2.24) is 0 Å². The van der Waals surface area contributed by atoms with Crippen molar-refractivity contribution in [3.8, 4) is 0 Å². The molecule has 1 aromatic carbocycles. The van der Waals surface area contributed by atoms with Crippen molar-refractivity contribution in [2.75, 3.05) is 63.5 Å². The molecule has 0 aliphatic carbocycles. The van der Waals surface area contributed by atoms with Gasteiger partial charge in [-0.3, -0.25) is 24.0 Å². The molecule has 0 saturated heterocycles. The summed E-state index contributed by atoms with van der Waals surface area (Å²) >= 11 is 6.41. The molecule has 0 bridgehead atoms. The third-order valence-corrected chi connectivity index (χ3v) is 10.6. The second-order valence-corrected chi connectivity index (χ2v) is 18.2. The first-order valence-electron chi connectivity index (χ1n) is 22.1. The minimum absolute atomic E-state index is 0.0187. The number of rotatable bonds is 31. The van der Waals surface area contributed by atoms with Crippen molar-refractivity contribution in [3.63, 3.8) is 0 Å². The van der Waals surface area contributed by atoms with Crippen LogP contribution in [0.4, 0.5) is 9.59 Å². The van der Waals surface area contributed by atoms with Crippen molar-refractivity contribution in [1.29, 1.82) is 0 Å². The monoisotopic (exact) mass is 1160 g/mol. The highest BCUT2D eigenvalue weighted by Crippen LogP contribution is 2.25. The summed E-state index contributed by atoms with van der Waals surface area (Å²) in [5.41, 5.74) is -4.66. The van der Waals surface area contributed by atoms with E-state index >= 15 is 0 Å². The highest BCUT2D eigenvalue weighted by molar-refractivity contribution is 9.09. The third-order valence-electron chi connectivity index (χ3n) is 9.44. The fraction of sp³-hybridized carbons (Fsp3) is 0.630. The fourth-order valence-corrected chi connectivity index (χ4v) is 5.36. The lowest BCUT2D eigenvalue weighted by Crippen LogP contribution is -2.43. The van der Waals surface area contributed by atoms with Gasteiger partial charge in [0, 0.05) is 24.5 Å².